The molecule has 6 nitrogen and oxygen atoms in total. The van der Waals surface area contributed by atoms with Crippen LogP contribution < -0.4 is 10.6 Å². The van der Waals surface area contributed by atoms with Gasteiger partial charge in [-0.2, -0.15) is 5.10 Å². The second-order valence-electron chi connectivity index (χ2n) is 5.50. The fraction of sp³-hybridized carbons (Fsp3) is 0.533. The van der Waals surface area contributed by atoms with Gasteiger partial charge in [0.25, 0.3) is 0 Å². The summed E-state index contributed by atoms with van der Waals surface area (Å²) in [5.41, 5.74) is 2.35. The maximum Gasteiger partial charge on any atom is 0.136 e. The molecule has 3 rings (SSSR count). The van der Waals surface area contributed by atoms with Gasteiger partial charge in [-0.05, 0) is 19.3 Å². The first-order valence-electron chi connectivity index (χ1n) is 7.51. The van der Waals surface area contributed by atoms with Crippen LogP contribution >= 0.6 is 0 Å². The molecule has 0 amide bonds. The largest absolute Gasteiger partial charge is 0.373 e. The lowest BCUT2D eigenvalue weighted by molar-refractivity contribution is 0.746. The van der Waals surface area contributed by atoms with E-state index in [1.165, 1.54) is 18.4 Å². The maximum atomic E-state index is 4.63. The monoisotopic (exact) mass is 286 g/mol. The second kappa shape index (κ2) is 5.71. The van der Waals surface area contributed by atoms with Gasteiger partial charge >= 0.3 is 0 Å². The maximum absolute atomic E-state index is 4.63. The predicted octanol–water partition coefficient (Wildman–Crippen LogP) is 2.30. The zero-order valence-electron chi connectivity index (χ0n) is 12.8. The van der Waals surface area contributed by atoms with Crippen LogP contribution in [0.2, 0.25) is 0 Å². The standard InChI is InChI=1S/C15H22N6/c1-4-12-11(9-21(3)20-12)8-17-14-7-13(16-2)18-15(19-14)10-5-6-10/h7,9-10H,4-6,8H2,1-3H3,(H2,16,17,18,19). The molecule has 0 bridgehead atoms. The fourth-order valence-corrected chi connectivity index (χ4v) is 2.42. The van der Waals surface area contributed by atoms with Crippen LogP contribution in [-0.4, -0.2) is 26.8 Å². The molecule has 2 aromatic heterocycles. The molecule has 0 radical (unpaired) electrons. The quantitative estimate of drug-likeness (QED) is 0.853. The third-order valence-corrected chi connectivity index (χ3v) is 3.73. The number of nitrogens with one attached hydrogen (secondary N) is 2. The van der Waals surface area contributed by atoms with Gasteiger partial charge in [0.1, 0.15) is 17.5 Å². The Morgan fingerprint density at radius 1 is 1.29 bits per heavy atom. The Balaban J connectivity index is 1.76. The van der Waals surface area contributed by atoms with Gasteiger partial charge in [-0.1, -0.05) is 6.92 Å². The lowest BCUT2D eigenvalue weighted by Crippen LogP contribution is -2.07. The van der Waals surface area contributed by atoms with E-state index < -0.39 is 0 Å². The van der Waals surface area contributed by atoms with Gasteiger partial charge in [0.2, 0.25) is 0 Å². The Hall–Kier alpha value is -2.11. The average Bonchev–Trinajstić information content (AvgIpc) is 3.28. The molecule has 0 aliphatic heterocycles. The number of hydrogen-bond donors (Lipinski definition) is 2. The van der Waals surface area contributed by atoms with Gasteiger partial charge in [-0.25, -0.2) is 9.97 Å². The van der Waals surface area contributed by atoms with Crippen molar-refractivity contribution in [3.05, 3.63) is 29.3 Å². The molecule has 1 saturated carbocycles. The molecule has 2 N–H and O–H groups in total. The first kappa shape index (κ1) is 13.9. The van der Waals surface area contributed by atoms with E-state index >= 15 is 0 Å². The Labute approximate surface area is 125 Å². The van der Waals surface area contributed by atoms with Crippen molar-refractivity contribution in [2.24, 2.45) is 7.05 Å². The zero-order chi connectivity index (χ0) is 14.8. The van der Waals surface area contributed by atoms with E-state index in [9.17, 15) is 0 Å². The fourth-order valence-electron chi connectivity index (χ4n) is 2.42. The minimum absolute atomic E-state index is 0.545. The third kappa shape index (κ3) is 3.15. The summed E-state index contributed by atoms with van der Waals surface area (Å²) in [7, 11) is 3.84. The van der Waals surface area contributed by atoms with Crippen LogP contribution in [0.1, 0.15) is 42.8 Å². The molecule has 21 heavy (non-hydrogen) atoms. The number of hydrogen-bond acceptors (Lipinski definition) is 5. The van der Waals surface area contributed by atoms with Crippen molar-refractivity contribution in [1.82, 2.24) is 19.7 Å². The van der Waals surface area contributed by atoms with E-state index in [2.05, 4.69) is 38.8 Å². The highest BCUT2D eigenvalue weighted by Crippen LogP contribution is 2.38. The summed E-state index contributed by atoms with van der Waals surface area (Å²) in [5.74, 6) is 3.24. The molecule has 0 saturated heterocycles. The zero-order valence-corrected chi connectivity index (χ0v) is 12.8. The van der Waals surface area contributed by atoms with Gasteiger partial charge in [0.05, 0.1) is 5.69 Å². The van der Waals surface area contributed by atoms with Crippen molar-refractivity contribution < 1.29 is 0 Å². The molecule has 0 spiro atoms. The summed E-state index contributed by atoms with van der Waals surface area (Å²) in [5, 5.41) is 11.0. The molecule has 1 aliphatic rings. The van der Waals surface area contributed by atoms with Crippen molar-refractivity contribution in [3.63, 3.8) is 0 Å². The highest BCUT2D eigenvalue weighted by Gasteiger charge is 2.27. The van der Waals surface area contributed by atoms with Gasteiger partial charge in [-0.15, -0.1) is 0 Å². The molecule has 2 aromatic rings. The van der Waals surface area contributed by atoms with Crippen LogP contribution in [0.25, 0.3) is 0 Å². The predicted molar refractivity (Wildman–Crippen MR) is 83.5 cm³/mol. The van der Waals surface area contributed by atoms with Gasteiger partial charge in [-0.3, -0.25) is 4.68 Å². The topological polar surface area (TPSA) is 67.7 Å². The molecule has 112 valence electrons. The summed E-state index contributed by atoms with van der Waals surface area (Å²) in [6.07, 6.45) is 5.41. The number of aryl methyl sites for hydroxylation is 2. The SMILES string of the molecule is CCc1nn(C)cc1CNc1cc(NC)nc(C2CC2)n1. The van der Waals surface area contributed by atoms with Crippen molar-refractivity contribution in [2.75, 3.05) is 17.7 Å². The van der Waals surface area contributed by atoms with Crippen LogP contribution in [-0.2, 0) is 20.0 Å². The summed E-state index contributed by atoms with van der Waals surface area (Å²) < 4.78 is 1.87. The first-order chi connectivity index (χ1) is 10.2. The van der Waals surface area contributed by atoms with E-state index in [-0.39, 0.29) is 0 Å². The van der Waals surface area contributed by atoms with Gasteiger partial charge in [0.15, 0.2) is 0 Å². The first-order valence-corrected chi connectivity index (χ1v) is 7.51. The van der Waals surface area contributed by atoms with Crippen LogP contribution in [0.4, 0.5) is 11.6 Å². The molecule has 6 heteroatoms. The lowest BCUT2D eigenvalue weighted by Gasteiger charge is -2.09. The normalized spacial score (nSPS) is 14.2. The number of nitrogens with zero attached hydrogens (tertiary/aromatic N) is 4. The Kier molecular flexibility index (Phi) is 3.77. The summed E-state index contributed by atoms with van der Waals surface area (Å²) in [6.45, 7) is 2.86. The Bertz CT molecular complexity index is 629. The van der Waals surface area contributed by atoms with Crippen molar-refractivity contribution >= 4 is 11.6 Å². The van der Waals surface area contributed by atoms with Crippen LogP contribution in [0.5, 0.6) is 0 Å². The van der Waals surface area contributed by atoms with E-state index in [0.717, 1.165) is 36.1 Å². The molecule has 0 aromatic carbocycles. The molecular formula is C15H22N6. The summed E-state index contributed by atoms with van der Waals surface area (Å²) >= 11 is 0. The van der Waals surface area contributed by atoms with E-state index in [4.69, 9.17) is 0 Å². The highest BCUT2D eigenvalue weighted by atomic mass is 15.3. The second-order valence-corrected chi connectivity index (χ2v) is 5.50. The molecule has 0 atom stereocenters. The number of rotatable bonds is 6. The van der Waals surface area contributed by atoms with Gasteiger partial charge < -0.3 is 10.6 Å². The molecular weight excluding hydrogens is 264 g/mol. The van der Waals surface area contributed by atoms with E-state index in [0.29, 0.717) is 5.92 Å². The summed E-state index contributed by atoms with van der Waals surface area (Å²) in [6, 6.07) is 1.95. The number of aromatic nitrogens is 4. The smallest absolute Gasteiger partial charge is 0.136 e. The van der Waals surface area contributed by atoms with Crippen LogP contribution in [0.15, 0.2) is 12.3 Å². The lowest BCUT2D eigenvalue weighted by atomic mass is 10.2. The van der Waals surface area contributed by atoms with Gasteiger partial charge in [0, 0.05) is 44.4 Å². The van der Waals surface area contributed by atoms with Crippen molar-refractivity contribution in [3.8, 4) is 0 Å². The minimum Gasteiger partial charge on any atom is -0.373 e. The van der Waals surface area contributed by atoms with Crippen LogP contribution in [0.3, 0.4) is 0 Å². The third-order valence-electron chi connectivity index (χ3n) is 3.73. The molecule has 1 fully saturated rings. The van der Waals surface area contributed by atoms with Crippen LogP contribution in [0, 0.1) is 0 Å². The number of anilines is 2. The molecule has 2 heterocycles. The highest BCUT2D eigenvalue weighted by molar-refractivity contribution is 5.48. The average molecular weight is 286 g/mol. The molecule has 1 aliphatic carbocycles. The summed E-state index contributed by atoms with van der Waals surface area (Å²) in [4.78, 5) is 9.16. The minimum atomic E-state index is 0.545. The Morgan fingerprint density at radius 2 is 2.05 bits per heavy atom. The molecule has 0 unspecified atom stereocenters. The van der Waals surface area contributed by atoms with E-state index in [1.807, 2.05) is 24.8 Å². The van der Waals surface area contributed by atoms with Crippen molar-refractivity contribution in [2.45, 2.75) is 38.6 Å². The Morgan fingerprint density at radius 3 is 2.71 bits per heavy atom. The van der Waals surface area contributed by atoms with E-state index in [1.54, 1.807) is 0 Å². The van der Waals surface area contributed by atoms with Crippen molar-refractivity contribution in [1.29, 1.82) is 0 Å².